The van der Waals surface area contributed by atoms with Crippen molar-refractivity contribution in [2.75, 3.05) is 24.3 Å². The van der Waals surface area contributed by atoms with E-state index in [0.29, 0.717) is 17.8 Å². The molecule has 2 aromatic heterocycles. The number of pyridine rings is 1. The first kappa shape index (κ1) is 22.8. The molecular weight excluding hydrogens is 438 g/mol. The van der Waals surface area contributed by atoms with Gasteiger partial charge in [0.1, 0.15) is 12.1 Å². The molecular formula is C24H27N5O3S. The van der Waals surface area contributed by atoms with E-state index in [1.54, 1.807) is 36.6 Å². The van der Waals surface area contributed by atoms with Crippen LogP contribution in [0.1, 0.15) is 35.0 Å². The lowest BCUT2D eigenvalue weighted by atomic mass is 9.95. The predicted octanol–water partition coefficient (Wildman–Crippen LogP) is 2.92. The zero-order valence-electron chi connectivity index (χ0n) is 18.9. The van der Waals surface area contributed by atoms with Gasteiger partial charge in [0.2, 0.25) is 0 Å². The van der Waals surface area contributed by atoms with Gasteiger partial charge in [0, 0.05) is 41.5 Å². The van der Waals surface area contributed by atoms with Crippen molar-refractivity contribution in [3.05, 3.63) is 59.7 Å². The van der Waals surface area contributed by atoms with Gasteiger partial charge in [-0.15, -0.1) is 0 Å². The summed E-state index contributed by atoms with van der Waals surface area (Å²) >= 11 is 0. The number of benzene rings is 1. The van der Waals surface area contributed by atoms with Crippen molar-refractivity contribution >= 4 is 21.6 Å². The van der Waals surface area contributed by atoms with Crippen molar-refractivity contribution in [1.29, 1.82) is 0 Å². The van der Waals surface area contributed by atoms with E-state index in [2.05, 4.69) is 15.0 Å². The number of aryl methyl sites for hydroxylation is 2. The van der Waals surface area contributed by atoms with E-state index in [-0.39, 0.29) is 23.5 Å². The lowest BCUT2D eigenvalue weighted by molar-refractivity contribution is 0.0747. The van der Waals surface area contributed by atoms with E-state index in [4.69, 9.17) is 5.73 Å². The molecule has 172 valence electrons. The number of nitrogens with two attached hydrogens (primary N) is 1. The SMILES string of the molecule is CCc1ncnc(-c2ccc(C(=O)N(C)C3CCS(=O)(=O)C3)c(C)c2)c1-c1ccc(N)nc1. The van der Waals surface area contributed by atoms with Gasteiger partial charge < -0.3 is 10.6 Å². The number of aromatic nitrogens is 3. The van der Waals surface area contributed by atoms with Gasteiger partial charge in [-0.2, -0.15) is 0 Å². The summed E-state index contributed by atoms with van der Waals surface area (Å²) in [5.41, 5.74) is 11.4. The largest absolute Gasteiger partial charge is 0.384 e. The third kappa shape index (κ3) is 4.59. The maximum atomic E-state index is 13.1. The molecule has 3 heterocycles. The minimum atomic E-state index is -3.07. The van der Waals surface area contributed by atoms with E-state index in [0.717, 1.165) is 40.1 Å². The Morgan fingerprint density at radius 2 is 1.91 bits per heavy atom. The number of amides is 1. The third-order valence-corrected chi connectivity index (χ3v) is 7.89. The maximum Gasteiger partial charge on any atom is 0.254 e. The number of hydrogen-bond acceptors (Lipinski definition) is 7. The molecule has 2 N–H and O–H groups in total. The topological polar surface area (TPSA) is 119 Å². The second kappa shape index (κ2) is 8.90. The molecule has 1 saturated heterocycles. The van der Waals surface area contributed by atoms with Gasteiger partial charge in [-0.1, -0.05) is 13.0 Å². The number of carbonyl (C=O) groups is 1. The summed E-state index contributed by atoms with van der Waals surface area (Å²) in [7, 11) is -1.40. The van der Waals surface area contributed by atoms with Gasteiger partial charge in [-0.25, -0.2) is 23.4 Å². The van der Waals surface area contributed by atoms with Crippen molar-refractivity contribution in [1.82, 2.24) is 19.9 Å². The van der Waals surface area contributed by atoms with Crippen LogP contribution in [0.15, 0.2) is 42.9 Å². The molecule has 0 radical (unpaired) electrons. The van der Waals surface area contributed by atoms with Crippen LogP contribution in [0.4, 0.5) is 5.82 Å². The number of hydrogen-bond donors (Lipinski definition) is 1. The highest BCUT2D eigenvalue weighted by atomic mass is 32.2. The molecule has 1 aromatic carbocycles. The molecule has 0 bridgehead atoms. The molecule has 8 nitrogen and oxygen atoms in total. The molecule has 9 heteroatoms. The highest BCUT2D eigenvalue weighted by Crippen LogP contribution is 2.33. The molecule has 1 fully saturated rings. The first-order valence-electron chi connectivity index (χ1n) is 10.8. The van der Waals surface area contributed by atoms with Gasteiger partial charge in [-0.05, 0) is 49.6 Å². The van der Waals surface area contributed by atoms with E-state index in [1.165, 1.54) is 0 Å². The normalized spacial score (nSPS) is 17.1. The average Bonchev–Trinajstić information content (AvgIpc) is 3.17. The zero-order valence-corrected chi connectivity index (χ0v) is 19.8. The highest BCUT2D eigenvalue weighted by Gasteiger charge is 2.33. The Hall–Kier alpha value is -3.33. The first-order valence-corrected chi connectivity index (χ1v) is 12.7. The predicted molar refractivity (Wildman–Crippen MR) is 128 cm³/mol. The smallest absolute Gasteiger partial charge is 0.254 e. The molecule has 0 aliphatic carbocycles. The van der Waals surface area contributed by atoms with Crippen molar-refractivity contribution in [3.63, 3.8) is 0 Å². The molecule has 3 aromatic rings. The van der Waals surface area contributed by atoms with Gasteiger partial charge in [0.15, 0.2) is 9.84 Å². The Morgan fingerprint density at radius 3 is 2.52 bits per heavy atom. The van der Waals surface area contributed by atoms with Crippen molar-refractivity contribution in [3.8, 4) is 22.4 Å². The van der Waals surface area contributed by atoms with E-state index < -0.39 is 9.84 Å². The first-order chi connectivity index (χ1) is 15.7. The quantitative estimate of drug-likeness (QED) is 0.615. The van der Waals surface area contributed by atoms with Crippen molar-refractivity contribution in [2.45, 2.75) is 32.7 Å². The van der Waals surface area contributed by atoms with Crippen LogP contribution in [0.25, 0.3) is 22.4 Å². The lowest BCUT2D eigenvalue weighted by Gasteiger charge is -2.24. The molecule has 0 spiro atoms. The van der Waals surface area contributed by atoms with Crippen molar-refractivity contribution in [2.24, 2.45) is 0 Å². The Kier molecular flexibility index (Phi) is 6.16. The maximum absolute atomic E-state index is 13.1. The fraction of sp³-hybridized carbons (Fsp3) is 0.333. The molecule has 1 aliphatic rings. The number of sulfone groups is 1. The van der Waals surface area contributed by atoms with Crippen LogP contribution in [0, 0.1) is 6.92 Å². The van der Waals surface area contributed by atoms with E-state index >= 15 is 0 Å². The van der Waals surface area contributed by atoms with Crippen LogP contribution in [-0.4, -0.2) is 58.8 Å². The monoisotopic (exact) mass is 465 g/mol. The third-order valence-electron chi connectivity index (χ3n) is 6.14. The number of carbonyl (C=O) groups excluding carboxylic acids is 1. The van der Waals surface area contributed by atoms with E-state index in [9.17, 15) is 13.2 Å². The standard InChI is InChI=1S/C24H27N5O3S/c1-4-20-22(17-6-8-21(25)26-12-17)23(28-14-27-20)16-5-7-19(15(2)11-16)24(30)29(3)18-9-10-33(31,32)13-18/h5-8,11-12,14,18H,4,9-10,13H2,1-3H3,(H2,25,26). The number of rotatable bonds is 5. The number of anilines is 1. The fourth-order valence-electron chi connectivity index (χ4n) is 4.25. The van der Waals surface area contributed by atoms with Crippen LogP contribution in [0.5, 0.6) is 0 Å². The number of nitrogens with zero attached hydrogens (tertiary/aromatic N) is 4. The molecule has 4 rings (SSSR count). The molecule has 33 heavy (non-hydrogen) atoms. The van der Waals surface area contributed by atoms with Crippen LogP contribution < -0.4 is 5.73 Å². The van der Waals surface area contributed by atoms with Gasteiger partial charge in [-0.3, -0.25) is 4.79 Å². The summed E-state index contributed by atoms with van der Waals surface area (Å²) in [5, 5.41) is 0. The Morgan fingerprint density at radius 1 is 1.15 bits per heavy atom. The molecule has 1 unspecified atom stereocenters. The Balaban J connectivity index is 1.70. The zero-order chi connectivity index (χ0) is 23.8. The van der Waals surface area contributed by atoms with Gasteiger partial charge >= 0.3 is 0 Å². The summed E-state index contributed by atoms with van der Waals surface area (Å²) in [4.78, 5) is 27.9. The second-order valence-corrected chi connectivity index (χ2v) is 10.6. The molecule has 1 amide bonds. The molecule has 1 atom stereocenters. The van der Waals surface area contributed by atoms with Crippen molar-refractivity contribution < 1.29 is 13.2 Å². The molecule has 1 aliphatic heterocycles. The van der Waals surface area contributed by atoms with Gasteiger partial charge in [0.05, 0.1) is 22.9 Å². The summed E-state index contributed by atoms with van der Waals surface area (Å²) in [6.45, 7) is 3.91. The van der Waals surface area contributed by atoms with Crippen LogP contribution in [0.3, 0.4) is 0 Å². The number of nitrogen functional groups attached to an aromatic ring is 1. The summed E-state index contributed by atoms with van der Waals surface area (Å²) in [5.74, 6) is 0.407. The van der Waals surface area contributed by atoms with Crippen LogP contribution in [-0.2, 0) is 16.3 Å². The molecule has 0 saturated carbocycles. The highest BCUT2D eigenvalue weighted by molar-refractivity contribution is 7.91. The fourth-order valence-corrected chi connectivity index (χ4v) is 6.03. The average molecular weight is 466 g/mol. The van der Waals surface area contributed by atoms with Crippen LogP contribution in [0.2, 0.25) is 0 Å². The minimum Gasteiger partial charge on any atom is -0.384 e. The summed E-state index contributed by atoms with van der Waals surface area (Å²) < 4.78 is 23.7. The minimum absolute atomic E-state index is 0.0199. The summed E-state index contributed by atoms with van der Waals surface area (Å²) in [6, 6.07) is 8.94. The van der Waals surface area contributed by atoms with E-state index in [1.807, 2.05) is 32.0 Å². The van der Waals surface area contributed by atoms with Crippen LogP contribution >= 0.6 is 0 Å². The summed E-state index contributed by atoms with van der Waals surface area (Å²) in [6.07, 6.45) is 4.46. The lowest BCUT2D eigenvalue weighted by Crippen LogP contribution is -2.38. The second-order valence-electron chi connectivity index (χ2n) is 8.37. The van der Waals surface area contributed by atoms with Gasteiger partial charge in [0.25, 0.3) is 5.91 Å². The Bertz CT molecular complexity index is 1310. The Labute approximate surface area is 193 Å².